The van der Waals surface area contributed by atoms with Crippen LogP contribution in [0, 0.1) is 6.92 Å². The molecule has 2 saturated heterocycles. The van der Waals surface area contributed by atoms with E-state index >= 15 is 0 Å². The van der Waals surface area contributed by atoms with Crippen molar-refractivity contribution in [3.63, 3.8) is 0 Å². The molecule has 0 bridgehead atoms. The summed E-state index contributed by atoms with van der Waals surface area (Å²) < 4.78 is 5.36. The maximum absolute atomic E-state index is 13.1. The highest BCUT2D eigenvalue weighted by Crippen LogP contribution is 2.33. The molecule has 154 valence electrons. The Labute approximate surface area is 173 Å². The molecule has 0 spiro atoms. The number of nitrogens with one attached hydrogen (secondary N) is 1. The third kappa shape index (κ3) is 4.60. The van der Waals surface area contributed by atoms with Gasteiger partial charge in [-0.2, -0.15) is 0 Å². The number of nitrogens with zero attached hydrogens (tertiary/aromatic N) is 5. The van der Waals surface area contributed by atoms with Crippen LogP contribution in [0.25, 0.3) is 0 Å². The Morgan fingerprint density at radius 2 is 2.10 bits per heavy atom. The quantitative estimate of drug-likeness (QED) is 0.788. The summed E-state index contributed by atoms with van der Waals surface area (Å²) in [4.78, 5) is 42.4. The van der Waals surface area contributed by atoms with Crippen molar-refractivity contribution in [1.29, 1.82) is 0 Å². The van der Waals surface area contributed by atoms with E-state index in [2.05, 4.69) is 25.2 Å². The number of ether oxygens (including phenoxy) is 1. The summed E-state index contributed by atoms with van der Waals surface area (Å²) in [5.41, 5.74) is 1.24. The Balaban J connectivity index is 1.53. The Hall–Kier alpha value is -2.43. The third-order valence-electron chi connectivity index (χ3n) is 5.17. The van der Waals surface area contributed by atoms with Crippen LogP contribution in [0.3, 0.4) is 0 Å². The number of thiazole rings is 1. The van der Waals surface area contributed by atoms with Crippen LogP contribution in [0.2, 0.25) is 0 Å². The molecule has 2 aromatic rings. The summed E-state index contributed by atoms with van der Waals surface area (Å²) in [6, 6.07) is -0.0845. The zero-order chi connectivity index (χ0) is 20.2. The zero-order valence-corrected chi connectivity index (χ0v) is 17.2. The first-order valence-corrected chi connectivity index (χ1v) is 10.6. The number of carbonyl (C=O) groups is 2. The van der Waals surface area contributed by atoms with E-state index in [4.69, 9.17) is 4.74 Å². The maximum atomic E-state index is 13.1. The fourth-order valence-corrected chi connectivity index (χ4v) is 4.34. The Morgan fingerprint density at radius 3 is 2.86 bits per heavy atom. The first-order chi connectivity index (χ1) is 14.1. The van der Waals surface area contributed by atoms with E-state index in [1.807, 2.05) is 12.3 Å². The number of likely N-dealkylation sites (tertiary alicyclic amines) is 1. The predicted molar refractivity (Wildman–Crippen MR) is 108 cm³/mol. The van der Waals surface area contributed by atoms with E-state index in [9.17, 15) is 9.59 Å². The number of carbonyl (C=O) groups excluding carboxylic acids is 2. The molecule has 29 heavy (non-hydrogen) atoms. The van der Waals surface area contributed by atoms with Crippen molar-refractivity contribution in [3.8, 4) is 0 Å². The lowest BCUT2D eigenvalue weighted by Crippen LogP contribution is -2.42. The zero-order valence-electron chi connectivity index (χ0n) is 16.3. The van der Waals surface area contributed by atoms with Crippen molar-refractivity contribution in [2.24, 2.45) is 0 Å². The molecule has 4 rings (SSSR count). The van der Waals surface area contributed by atoms with Gasteiger partial charge < -0.3 is 15.0 Å². The maximum Gasteiger partial charge on any atom is 0.257 e. The monoisotopic (exact) mass is 416 g/mol. The lowest BCUT2D eigenvalue weighted by molar-refractivity contribution is -0.117. The smallest absolute Gasteiger partial charge is 0.257 e. The van der Waals surface area contributed by atoms with Gasteiger partial charge in [0.05, 0.1) is 37.1 Å². The summed E-state index contributed by atoms with van der Waals surface area (Å²) >= 11 is 1.39. The van der Waals surface area contributed by atoms with Gasteiger partial charge in [-0.3, -0.25) is 14.5 Å². The highest BCUT2D eigenvalue weighted by Gasteiger charge is 2.33. The van der Waals surface area contributed by atoms with E-state index in [0.717, 1.165) is 19.4 Å². The third-order valence-corrected chi connectivity index (χ3v) is 5.86. The van der Waals surface area contributed by atoms with Crippen molar-refractivity contribution < 1.29 is 14.3 Å². The molecule has 10 heteroatoms. The molecule has 1 N–H and O–H groups in total. The second kappa shape index (κ2) is 8.93. The van der Waals surface area contributed by atoms with Gasteiger partial charge in [0.2, 0.25) is 5.91 Å². The number of hydrogen-bond donors (Lipinski definition) is 1. The van der Waals surface area contributed by atoms with Gasteiger partial charge in [-0.15, -0.1) is 11.3 Å². The van der Waals surface area contributed by atoms with E-state index < -0.39 is 0 Å². The second-order valence-corrected chi connectivity index (χ2v) is 8.03. The van der Waals surface area contributed by atoms with Gasteiger partial charge in [0, 0.05) is 30.9 Å². The number of aryl methyl sites for hydroxylation is 1. The molecule has 9 nitrogen and oxygen atoms in total. The molecule has 0 saturated carbocycles. The second-order valence-electron chi connectivity index (χ2n) is 7.13. The van der Waals surface area contributed by atoms with E-state index in [-0.39, 0.29) is 24.4 Å². The highest BCUT2D eigenvalue weighted by atomic mass is 32.1. The molecule has 0 unspecified atom stereocenters. The minimum absolute atomic E-state index is 0.0672. The number of morpholine rings is 1. The molecule has 0 radical (unpaired) electrons. The van der Waals surface area contributed by atoms with Crippen LogP contribution in [0.5, 0.6) is 0 Å². The molecule has 4 heterocycles. The van der Waals surface area contributed by atoms with Crippen molar-refractivity contribution >= 4 is 28.3 Å². The lowest BCUT2D eigenvalue weighted by Gasteiger charge is -2.29. The summed E-state index contributed by atoms with van der Waals surface area (Å²) in [7, 11) is 0. The van der Waals surface area contributed by atoms with Crippen molar-refractivity contribution in [1.82, 2.24) is 24.8 Å². The molecule has 1 atom stereocenters. The Kier molecular flexibility index (Phi) is 6.12. The standard InChI is InChI=1S/C19H24N6O3S/c1-13-21-11-14(18(27)24-6-8-28-9-7-24)17(22-13)15-3-2-5-25(15)12-16(26)23-19-20-4-10-29-19/h4,10-11,15H,2-3,5-9,12H2,1H3,(H,20,23,26)/t15-/m0/s1. The largest absolute Gasteiger partial charge is 0.378 e. The number of hydrogen-bond acceptors (Lipinski definition) is 8. The predicted octanol–water partition coefficient (Wildman–Crippen LogP) is 1.49. The molecular formula is C19H24N6O3S. The van der Waals surface area contributed by atoms with Crippen LogP contribution in [-0.2, 0) is 9.53 Å². The van der Waals surface area contributed by atoms with Gasteiger partial charge in [0.1, 0.15) is 5.82 Å². The molecule has 2 aliphatic rings. The van der Waals surface area contributed by atoms with E-state index in [1.54, 1.807) is 17.3 Å². The minimum atomic E-state index is -0.112. The first-order valence-electron chi connectivity index (χ1n) is 9.76. The topological polar surface area (TPSA) is 101 Å². The van der Waals surface area contributed by atoms with E-state index in [0.29, 0.717) is 48.5 Å². The van der Waals surface area contributed by atoms with Crippen molar-refractivity contribution in [3.05, 3.63) is 34.9 Å². The fraction of sp³-hybridized carbons (Fsp3) is 0.526. The molecule has 2 aromatic heterocycles. The van der Waals surface area contributed by atoms with Crippen LogP contribution in [0.1, 0.15) is 40.8 Å². The average molecular weight is 417 g/mol. The molecule has 0 aromatic carbocycles. The molecule has 2 fully saturated rings. The number of amides is 2. The summed E-state index contributed by atoms with van der Waals surface area (Å²) in [5, 5.41) is 5.24. The van der Waals surface area contributed by atoms with Crippen LogP contribution >= 0.6 is 11.3 Å². The van der Waals surface area contributed by atoms with Gasteiger partial charge in [-0.05, 0) is 26.3 Å². The number of rotatable bonds is 5. The Morgan fingerprint density at radius 1 is 1.28 bits per heavy atom. The summed E-state index contributed by atoms with van der Waals surface area (Å²) in [5.74, 6) is 0.443. The van der Waals surface area contributed by atoms with Crippen LogP contribution in [0.15, 0.2) is 17.8 Å². The van der Waals surface area contributed by atoms with Crippen molar-refractivity contribution in [2.75, 3.05) is 44.7 Å². The van der Waals surface area contributed by atoms with Crippen LogP contribution in [-0.4, -0.2) is 76.0 Å². The molecule has 2 amide bonds. The van der Waals surface area contributed by atoms with Gasteiger partial charge in [0.15, 0.2) is 5.13 Å². The average Bonchev–Trinajstić information content (AvgIpc) is 3.40. The van der Waals surface area contributed by atoms with E-state index in [1.165, 1.54) is 11.3 Å². The molecular weight excluding hydrogens is 392 g/mol. The summed E-state index contributed by atoms with van der Waals surface area (Å²) in [6.45, 7) is 5.05. The van der Waals surface area contributed by atoms with Gasteiger partial charge in [-0.1, -0.05) is 0 Å². The Bertz CT molecular complexity index is 869. The van der Waals surface area contributed by atoms with Gasteiger partial charge >= 0.3 is 0 Å². The lowest BCUT2D eigenvalue weighted by atomic mass is 10.0. The minimum Gasteiger partial charge on any atom is -0.378 e. The normalized spacial score (nSPS) is 20.0. The van der Waals surface area contributed by atoms with Crippen LogP contribution < -0.4 is 5.32 Å². The molecule has 0 aliphatic carbocycles. The van der Waals surface area contributed by atoms with Crippen molar-refractivity contribution in [2.45, 2.75) is 25.8 Å². The van der Waals surface area contributed by atoms with Gasteiger partial charge in [-0.25, -0.2) is 15.0 Å². The SMILES string of the molecule is Cc1ncc(C(=O)N2CCOCC2)c([C@@H]2CCCN2CC(=O)Nc2nccs2)n1. The summed E-state index contributed by atoms with van der Waals surface area (Å²) in [6.07, 6.45) is 5.08. The van der Waals surface area contributed by atoms with Crippen LogP contribution in [0.4, 0.5) is 5.13 Å². The van der Waals surface area contributed by atoms with Gasteiger partial charge in [0.25, 0.3) is 5.91 Å². The fourth-order valence-electron chi connectivity index (χ4n) is 3.80. The number of aromatic nitrogens is 3. The highest BCUT2D eigenvalue weighted by molar-refractivity contribution is 7.13. The number of anilines is 1. The first kappa shape index (κ1) is 19.9. The molecule has 2 aliphatic heterocycles.